The highest BCUT2D eigenvalue weighted by Crippen LogP contribution is 2.32. The molecule has 0 aliphatic rings. The average Bonchev–Trinajstić information content (AvgIpc) is 2.46. The molecule has 0 saturated carbocycles. The van der Waals surface area contributed by atoms with E-state index in [9.17, 15) is 8.78 Å². The predicted octanol–water partition coefficient (Wildman–Crippen LogP) is 2.39. The second-order valence-electron chi connectivity index (χ2n) is 4.34. The van der Waals surface area contributed by atoms with Gasteiger partial charge in [0.25, 0.3) is 0 Å². The van der Waals surface area contributed by atoms with Crippen molar-refractivity contribution in [3.8, 4) is 11.5 Å². The molecule has 21 heavy (non-hydrogen) atoms. The van der Waals surface area contributed by atoms with Crippen LogP contribution in [0.4, 0.5) is 8.78 Å². The number of alkyl halides is 2. The second kappa shape index (κ2) is 8.76. The number of hydrogen-bond donors (Lipinski definition) is 1. The van der Waals surface area contributed by atoms with Crippen molar-refractivity contribution in [2.24, 2.45) is 0 Å². The zero-order valence-corrected chi connectivity index (χ0v) is 12.6. The summed E-state index contributed by atoms with van der Waals surface area (Å²) in [5.74, 6) is 0.290. The lowest BCUT2D eigenvalue weighted by Crippen LogP contribution is -2.39. The van der Waals surface area contributed by atoms with E-state index in [1.807, 2.05) is 6.92 Å². The van der Waals surface area contributed by atoms with E-state index in [0.717, 1.165) is 0 Å². The molecule has 0 heterocycles. The zero-order valence-electron chi connectivity index (χ0n) is 12.6. The topological polar surface area (TPSA) is 49.0 Å². The number of ether oxygens (including phenoxy) is 4. The Kier molecular flexibility index (Phi) is 7.35. The van der Waals surface area contributed by atoms with Gasteiger partial charge in [0, 0.05) is 26.3 Å². The quantitative estimate of drug-likeness (QED) is 0.710. The average molecular weight is 305 g/mol. The largest absolute Gasteiger partial charge is 0.493 e. The molecular formula is C14H21F2NO4. The van der Waals surface area contributed by atoms with Gasteiger partial charge in [-0.05, 0) is 13.0 Å². The molecule has 1 aromatic carbocycles. The van der Waals surface area contributed by atoms with Gasteiger partial charge in [0.15, 0.2) is 17.8 Å². The third-order valence-corrected chi connectivity index (χ3v) is 2.97. The standard InChI is InChI=1S/C14H21F2NO4/c1-9(13(19-3)20-4)17-8-10-6-5-7-11(18-2)12(10)21-14(15)16/h5-7,9,13-14,17H,8H2,1-4H3. The molecule has 0 aliphatic carbocycles. The summed E-state index contributed by atoms with van der Waals surface area (Å²) in [6.45, 7) is -0.738. The third kappa shape index (κ3) is 5.11. The van der Waals surface area contributed by atoms with Crippen molar-refractivity contribution in [1.29, 1.82) is 0 Å². The van der Waals surface area contributed by atoms with Crippen LogP contribution in [-0.2, 0) is 16.0 Å². The SMILES string of the molecule is COc1cccc(CNC(C)C(OC)OC)c1OC(F)F. The fourth-order valence-corrected chi connectivity index (χ4v) is 1.96. The smallest absolute Gasteiger partial charge is 0.387 e. The zero-order chi connectivity index (χ0) is 15.8. The molecule has 0 bridgehead atoms. The van der Waals surface area contributed by atoms with Crippen LogP contribution in [0.3, 0.4) is 0 Å². The fourth-order valence-electron chi connectivity index (χ4n) is 1.96. The molecule has 0 spiro atoms. The maximum absolute atomic E-state index is 12.5. The van der Waals surface area contributed by atoms with Crippen LogP contribution in [0.25, 0.3) is 0 Å². The number of hydrogen-bond acceptors (Lipinski definition) is 5. The molecule has 1 rings (SSSR count). The Labute approximate surface area is 123 Å². The summed E-state index contributed by atoms with van der Waals surface area (Å²) in [7, 11) is 4.46. The minimum absolute atomic E-state index is 0.0288. The highest BCUT2D eigenvalue weighted by Gasteiger charge is 2.18. The summed E-state index contributed by atoms with van der Waals surface area (Å²) >= 11 is 0. The Bertz CT molecular complexity index is 427. The second-order valence-corrected chi connectivity index (χ2v) is 4.34. The number of rotatable bonds is 9. The van der Waals surface area contributed by atoms with E-state index < -0.39 is 12.9 Å². The van der Waals surface area contributed by atoms with Gasteiger partial charge in [-0.15, -0.1) is 0 Å². The van der Waals surface area contributed by atoms with Crippen LogP contribution in [0.2, 0.25) is 0 Å². The van der Waals surface area contributed by atoms with E-state index in [4.69, 9.17) is 14.2 Å². The molecule has 0 saturated heterocycles. The number of benzene rings is 1. The summed E-state index contributed by atoms with van der Waals surface area (Å²) in [5, 5.41) is 3.14. The van der Waals surface area contributed by atoms with Gasteiger partial charge in [0.05, 0.1) is 13.2 Å². The van der Waals surface area contributed by atoms with Gasteiger partial charge in [0.1, 0.15) is 0 Å². The van der Waals surface area contributed by atoms with Gasteiger partial charge in [-0.1, -0.05) is 12.1 Å². The Morgan fingerprint density at radius 1 is 1.14 bits per heavy atom. The molecule has 1 atom stereocenters. The van der Waals surface area contributed by atoms with E-state index in [2.05, 4.69) is 10.1 Å². The van der Waals surface area contributed by atoms with E-state index >= 15 is 0 Å². The first-order valence-electron chi connectivity index (χ1n) is 6.43. The lowest BCUT2D eigenvalue weighted by atomic mass is 10.1. The van der Waals surface area contributed by atoms with Gasteiger partial charge in [-0.3, -0.25) is 0 Å². The van der Waals surface area contributed by atoms with Crippen molar-refractivity contribution in [1.82, 2.24) is 5.32 Å². The van der Waals surface area contributed by atoms with Crippen molar-refractivity contribution in [3.05, 3.63) is 23.8 Å². The third-order valence-electron chi connectivity index (χ3n) is 2.97. The summed E-state index contributed by atoms with van der Waals surface area (Å²) in [5.41, 5.74) is 0.562. The van der Waals surface area contributed by atoms with Gasteiger partial charge in [-0.2, -0.15) is 8.78 Å². The minimum atomic E-state index is -2.91. The molecule has 1 unspecified atom stereocenters. The molecule has 5 nitrogen and oxygen atoms in total. The van der Waals surface area contributed by atoms with Crippen molar-refractivity contribution in [2.75, 3.05) is 21.3 Å². The molecule has 120 valence electrons. The van der Waals surface area contributed by atoms with Gasteiger partial charge in [-0.25, -0.2) is 0 Å². The van der Waals surface area contributed by atoms with Crippen LogP contribution in [0.5, 0.6) is 11.5 Å². The van der Waals surface area contributed by atoms with Crippen LogP contribution in [0.1, 0.15) is 12.5 Å². The molecule has 0 fully saturated rings. The molecular weight excluding hydrogens is 284 g/mol. The van der Waals surface area contributed by atoms with E-state index in [1.165, 1.54) is 21.3 Å². The molecule has 0 radical (unpaired) electrons. The van der Waals surface area contributed by atoms with Crippen LogP contribution in [-0.4, -0.2) is 40.3 Å². The Morgan fingerprint density at radius 3 is 2.33 bits per heavy atom. The lowest BCUT2D eigenvalue weighted by molar-refractivity contribution is -0.119. The molecule has 7 heteroatoms. The van der Waals surface area contributed by atoms with Crippen molar-refractivity contribution in [3.63, 3.8) is 0 Å². The Balaban J connectivity index is 2.82. The Morgan fingerprint density at radius 2 is 1.81 bits per heavy atom. The number of halogens is 2. The van der Waals surface area contributed by atoms with Crippen LogP contribution in [0.15, 0.2) is 18.2 Å². The predicted molar refractivity (Wildman–Crippen MR) is 73.7 cm³/mol. The number of methoxy groups -OCH3 is 3. The summed E-state index contributed by atoms with van der Waals surface area (Å²) < 4.78 is 44.9. The highest BCUT2D eigenvalue weighted by atomic mass is 19.3. The Hall–Kier alpha value is -1.44. The molecule has 1 aromatic rings. The van der Waals surface area contributed by atoms with E-state index in [1.54, 1.807) is 18.2 Å². The first-order valence-corrected chi connectivity index (χ1v) is 6.43. The maximum atomic E-state index is 12.5. The highest BCUT2D eigenvalue weighted by molar-refractivity contribution is 5.46. The van der Waals surface area contributed by atoms with Crippen LogP contribution < -0.4 is 14.8 Å². The lowest BCUT2D eigenvalue weighted by Gasteiger charge is -2.23. The number of para-hydroxylation sites is 1. The monoisotopic (exact) mass is 305 g/mol. The summed E-state index contributed by atoms with van der Waals surface area (Å²) in [6.07, 6.45) is -0.435. The summed E-state index contributed by atoms with van der Waals surface area (Å²) in [4.78, 5) is 0. The minimum Gasteiger partial charge on any atom is -0.493 e. The van der Waals surface area contributed by atoms with Gasteiger partial charge >= 0.3 is 6.61 Å². The van der Waals surface area contributed by atoms with E-state index in [0.29, 0.717) is 12.1 Å². The fraction of sp³-hybridized carbons (Fsp3) is 0.571. The van der Waals surface area contributed by atoms with Gasteiger partial charge in [0.2, 0.25) is 0 Å². The molecule has 1 N–H and O–H groups in total. The number of nitrogens with one attached hydrogen (secondary N) is 1. The van der Waals surface area contributed by atoms with Gasteiger partial charge < -0.3 is 24.3 Å². The maximum Gasteiger partial charge on any atom is 0.387 e. The molecule has 0 amide bonds. The normalized spacial score (nSPS) is 12.8. The first-order chi connectivity index (χ1) is 10.0. The van der Waals surface area contributed by atoms with E-state index in [-0.39, 0.29) is 17.5 Å². The molecule has 0 aromatic heterocycles. The summed E-state index contributed by atoms with van der Waals surface area (Å²) in [6, 6.07) is 4.83. The van der Waals surface area contributed by atoms with Crippen LogP contribution in [0, 0.1) is 0 Å². The van der Waals surface area contributed by atoms with Crippen molar-refractivity contribution in [2.45, 2.75) is 32.4 Å². The van der Waals surface area contributed by atoms with Crippen LogP contribution >= 0.6 is 0 Å². The van der Waals surface area contributed by atoms with Crippen molar-refractivity contribution < 1.29 is 27.7 Å². The molecule has 0 aliphatic heterocycles. The van der Waals surface area contributed by atoms with Crippen molar-refractivity contribution >= 4 is 0 Å². The first kappa shape index (κ1) is 17.6.